The summed E-state index contributed by atoms with van der Waals surface area (Å²) in [7, 11) is 0. The van der Waals surface area contributed by atoms with Gasteiger partial charge in [0.05, 0.1) is 11.1 Å². The Balaban J connectivity index is 1.46. The van der Waals surface area contributed by atoms with Crippen LogP contribution in [0.4, 0.5) is 0 Å². The highest BCUT2D eigenvalue weighted by Crippen LogP contribution is 2.58. The fourth-order valence-electron chi connectivity index (χ4n) is 4.42. The Bertz CT molecular complexity index is 756. The van der Waals surface area contributed by atoms with Gasteiger partial charge in [-0.25, -0.2) is 0 Å². The largest absolute Gasteiger partial charge is 0.491 e. The summed E-state index contributed by atoms with van der Waals surface area (Å²) in [5.74, 6) is 2.83. The SMILES string of the molecule is CC(C)(C)NCC(O)COc1ccc(C(=O)NCCC2C3CCCC32)c(C#N)c1. The summed E-state index contributed by atoms with van der Waals surface area (Å²) in [6, 6.07) is 6.93. The zero-order valence-electron chi connectivity index (χ0n) is 17.7. The van der Waals surface area contributed by atoms with Crippen molar-refractivity contribution in [2.75, 3.05) is 19.7 Å². The molecule has 2 aliphatic carbocycles. The van der Waals surface area contributed by atoms with E-state index in [2.05, 4.69) is 16.7 Å². The van der Waals surface area contributed by atoms with Gasteiger partial charge in [0.25, 0.3) is 5.91 Å². The van der Waals surface area contributed by atoms with Gasteiger partial charge < -0.3 is 20.5 Å². The fraction of sp³-hybridized carbons (Fsp3) is 0.652. The van der Waals surface area contributed by atoms with E-state index in [1.165, 1.54) is 19.3 Å². The summed E-state index contributed by atoms with van der Waals surface area (Å²) in [4.78, 5) is 12.5. The van der Waals surface area contributed by atoms with Crippen LogP contribution in [0.2, 0.25) is 0 Å². The number of nitrogens with one attached hydrogen (secondary N) is 2. The van der Waals surface area contributed by atoms with Gasteiger partial charge in [-0.1, -0.05) is 6.42 Å². The van der Waals surface area contributed by atoms with E-state index in [4.69, 9.17) is 4.74 Å². The molecule has 3 rings (SSSR count). The molecule has 6 nitrogen and oxygen atoms in total. The summed E-state index contributed by atoms with van der Waals surface area (Å²) >= 11 is 0. The zero-order valence-corrected chi connectivity index (χ0v) is 17.7. The zero-order chi connectivity index (χ0) is 21.0. The molecule has 3 unspecified atom stereocenters. The molecule has 3 atom stereocenters. The van der Waals surface area contributed by atoms with Crippen molar-refractivity contribution in [3.63, 3.8) is 0 Å². The Morgan fingerprint density at radius 2 is 2.07 bits per heavy atom. The van der Waals surface area contributed by atoms with Crippen LogP contribution in [0.3, 0.4) is 0 Å². The molecule has 0 radical (unpaired) electrons. The highest BCUT2D eigenvalue weighted by Gasteiger charge is 2.51. The second kappa shape index (κ2) is 9.15. The van der Waals surface area contributed by atoms with Gasteiger partial charge in [0, 0.05) is 18.6 Å². The number of benzene rings is 1. The molecule has 6 heteroatoms. The van der Waals surface area contributed by atoms with Crippen LogP contribution in [-0.2, 0) is 0 Å². The van der Waals surface area contributed by atoms with Crippen molar-refractivity contribution in [2.45, 2.75) is 58.1 Å². The van der Waals surface area contributed by atoms with Crippen molar-refractivity contribution < 1.29 is 14.6 Å². The Hall–Kier alpha value is -2.10. The second-order valence-electron chi connectivity index (χ2n) is 9.38. The lowest BCUT2D eigenvalue weighted by Crippen LogP contribution is -2.42. The normalized spacial score (nSPS) is 23.8. The number of β-amino-alcohol motifs (C(OH)–C–C–N with tert-alkyl or cyclic N) is 1. The smallest absolute Gasteiger partial charge is 0.252 e. The molecular weight excluding hydrogens is 366 g/mol. The van der Waals surface area contributed by atoms with E-state index >= 15 is 0 Å². The quantitative estimate of drug-likeness (QED) is 0.594. The predicted molar refractivity (Wildman–Crippen MR) is 112 cm³/mol. The number of hydrogen-bond donors (Lipinski definition) is 3. The maximum atomic E-state index is 12.5. The van der Waals surface area contributed by atoms with Crippen LogP contribution < -0.4 is 15.4 Å². The Labute approximate surface area is 173 Å². The average Bonchev–Trinajstić information content (AvgIpc) is 3.10. The van der Waals surface area contributed by atoms with Crippen LogP contribution in [0, 0.1) is 29.1 Å². The summed E-state index contributed by atoms with van der Waals surface area (Å²) in [6.07, 6.45) is 4.44. The molecule has 1 aromatic rings. The first-order valence-electron chi connectivity index (χ1n) is 10.7. The molecule has 29 heavy (non-hydrogen) atoms. The first kappa shape index (κ1) is 21.6. The lowest BCUT2D eigenvalue weighted by atomic mass is 10.1. The highest BCUT2D eigenvalue weighted by molar-refractivity contribution is 5.96. The van der Waals surface area contributed by atoms with E-state index in [0.29, 0.717) is 24.4 Å². The Morgan fingerprint density at radius 3 is 2.72 bits per heavy atom. The molecular formula is C23H33N3O3. The molecule has 2 saturated carbocycles. The standard InChI is InChI=1S/C23H33N3O3/c1-23(2,3)26-13-16(27)14-29-17-7-8-18(15(11-17)12-24)22(28)25-10-9-21-19-5-4-6-20(19)21/h7-8,11,16,19-21,26-27H,4-6,9-10,13-14H2,1-3H3,(H,25,28). The number of carbonyl (C=O) groups is 1. The van der Waals surface area contributed by atoms with Gasteiger partial charge in [-0.3, -0.25) is 4.79 Å². The molecule has 0 saturated heterocycles. The van der Waals surface area contributed by atoms with Gasteiger partial charge in [-0.05, 0) is 76.0 Å². The minimum absolute atomic E-state index is 0.0811. The molecule has 1 aromatic carbocycles. The number of rotatable bonds is 9. The van der Waals surface area contributed by atoms with Crippen molar-refractivity contribution in [3.8, 4) is 11.8 Å². The molecule has 0 spiro atoms. The molecule has 3 N–H and O–H groups in total. The second-order valence-corrected chi connectivity index (χ2v) is 9.38. The molecule has 0 heterocycles. The van der Waals surface area contributed by atoms with Crippen LogP contribution >= 0.6 is 0 Å². The number of carbonyl (C=O) groups excluding carboxylic acids is 1. The van der Waals surface area contributed by atoms with Crippen molar-refractivity contribution in [1.82, 2.24) is 10.6 Å². The number of aliphatic hydroxyl groups excluding tert-OH is 1. The van der Waals surface area contributed by atoms with Crippen molar-refractivity contribution >= 4 is 5.91 Å². The fourth-order valence-corrected chi connectivity index (χ4v) is 4.42. The Kier molecular flexibility index (Phi) is 6.81. The van der Waals surface area contributed by atoms with E-state index in [-0.39, 0.29) is 23.6 Å². The summed E-state index contributed by atoms with van der Waals surface area (Å²) < 4.78 is 5.60. The maximum Gasteiger partial charge on any atom is 0.252 e. The van der Waals surface area contributed by atoms with Crippen molar-refractivity contribution in [1.29, 1.82) is 5.26 Å². The van der Waals surface area contributed by atoms with Gasteiger partial charge in [-0.2, -0.15) is 5.26 Å². The Morgan fingerprint density at radius 1 is 1.34 bits per heavy atom. The lowest BCUT2D eigenvalue weighted by molar-refractivity contribution is 0.0950. The van der Waals surface area contributed by atoms with Crippen LogP contribution in [0.25, 0.3) is 0 Å². The van der Waals surface area contributed by atoms with Gasteiger partial charge in [0.15, 0.2) is 0 Å². The number of nitrogens with zero attached hydrogens (tertiary/aromatic N) is 1. The van der Waals surface area contributed by atoms with E-state index in [1.807, 2.05) is 20.8 Å². The number of nitriles is 1. The van der Waals surface area contributed by atoms with E-state index in [9.17, 15) is 15.2 Å². The maximum absolute atomic E-state index is 12.5. The first-order valence-corrected chi connectivity index (χ1v) is 10.7. The number of ether oxygens (including phenoxy) is 1. The van der Waals surface area contributed by atoms with Crippen LogP contribution in [0.1, 0.15) is 62.4 Å². The number of aliphatic hydroxyl groups is 1. The van der Waals surface area contributed by atoms with Gasteiger partial charge in [0.1, 0.15) is 24.5 Å². The highest BCUT2D eigenvalue weighted by atomic mass is 16.5. The van der Waals surface area contributed by atoms with Gasteiger partial charge >= 0.3 is 0 Å². The van der Waals surface area contributed by atoms with Crippen LogP contribution in [-0.4, -0.2) is 42.4 Å². The van der Waals surface area contributed by atoms with Crippen molar-refractivity contribution in [2.24, 2.45) is 17.8 Å². The molecule has 2 aliphatic rings. The summed E-state index contributed by atoms with van der Waals surface area (Å²) in [5, 5.41) is 25.6. The molecule has 0 aliphatic heterocycles. The predicted octanol–water partition coefficient (Wildman–Crippen LogP) is 2.85. The number of amides is 1. The molecule has 0 bridgehead atoms. The van der Waals surface area contributed by atoms with Gasteiger partial charge in [-0.15, -0.1) is 0 Å². The third kappa shape index (κ3) is 5.94. The number of hydrogen-bond acceptors (Lipinski definition) is 5. The molecule has 0 aromatic heterocycles. The molecule has 158 valence electrons. The van der Waals surface area contributed by atoms with E-state index < -0.39 is 6.10 Å². The molecule has 1 amide bonds. The van der Waals surface area contributed by atoms with Gasteiger partial charge in [0.2, 0.25) is 0 Å². The molecule has 2 fully saturated rings. The number of fused-ring (bicyclic) bond motifs is 1. The summed E-state index contributed by atoms with van der Waals surface area (Å²) in [6.45, 7) is 7.27. The van der Waals surface area contributed by atoms with Crippen molar-refractivity contribution in [3.05, 3.63) is 29.3 Å². The van der Waals surface area contributed by atoms with Crippen LogP contribution in [0.5, 0.6) is 5.75 Å². The summed E-state index contributed by atoms with van der Waals surface area (Å²) in [5.41, 5.74) is 0.568. The average molecular weight is 400 g/mol. The first-order chi connectivity index (χ1) is 13.8. The lowest BCUT2D eigenvalue weighted by Gasteiger charge is -2.23. The monoisotopic (exact) mass is 399 g/mol. The van der Waals surface area contributed by atoms with Crippen LogP contribution in [0.15, 0.2) is 18.2 Å². The van der Waals surface area contributed by atoms with E-state index in [0.717, 1.165) is 24.2 Å². The van der Waals surface area contributed by atoms with E-state index in [1.54, 1.807) is 18.2 Å². The third-order valence-electron chi connectivity index (χ3n) is 6.01. The minimum Gasteiger partial charge on any atom is -0.491 e. The topological polar surface area (TPSA) is 94.4 Å². The third-order valence-corrected chi connectivity index (χ3v) is 6.01. The minimum atomic E-state index is -0.662.